The lowest BCUT2D eigenvalue weighted by atomic mass is 10.1. The summed E-state index contributed by atoms with van der Waals surface area (Å²) in [6.45, 7) is -0.142. The second-order valence-corrected chi connectivity index (χ2v) is 3.57. The van der Waals surface area contributed by atoms with Gasteiger partial charge in [-0.15, -0.1) is 0 Å². The summed E-state index contributed by atoms with van der Waals surface area (Å²) in [7, 11) is 1.24. The molecule has 0 fully saturated rings. The van der Waals surface area contributed by atoms with E-state index in [-0.39, 0.29) is 6.54 Å². The molecular weight excluding hydrogens is 262 g/mol. The van der Waals surface area contributed by atoms with Crippen LogP contribution in [0.4, 0.5) is 14.5 Å². The maximum Gasteiger partial charge on any atom is 0.338 e. The normalized spacial score (nSPS) is 12.0. The van der Waals surface area contributed by atoms with E-state index < -0.39 is 40.9 Å². The zero-order valence-corrected chi connectivity index (χ0v) is 9.94. The van der Waals surface area contributed by atoms with Crippen LogP contribution in [0.3, 0.4) is 0 Å². The monoisotopic (exact) mass is 274 g/mol. The summed E-state index contributed by atoms with van der Waals surface area (Å²) < 4.78 is 31.3. The van der Waals surface area contributed by atoms with Gasteiger partial charge in [0.2, 0.25) is 0 Å². The van der Waals surface area contributed by atoms with Crippen molar-refractivity contribution in [3.05, 3.63) is 29.3 Å². The number of halogens is 2. The van der Waals surface area contributed by atoms with Gasteiger partial charge in [0.25, 0.3) is 5.91 Å². The summed E-state index contributed by atoms with van der Waals surface area (Å²) in [6, 6.07) is 1.07. The Morgan fingerprint density at radius 2 is 2.05 bits per heavy atom. The minimum absolute atomic E-state index is 0.142. The van der Waals surface area contributed by atoms with Crippen LogP contribution in [0.1, 0.15) is 10.4 Å². The van der Waals surface area contributed by atoms with Gasteiger partial charge in [-0.1, -0.05) is 0 Å². The van der Waals surface area contributed by atoms with Crippen molar-refractivity contribution in [1.82, 2.24) is 0 Å². The minimum atomic E-state index is -1.57. The van der Waals surface area contributed by atoms with Gasteiger partial charge < -0.3 is 20.9 Å². The molecule has 0 aliphatic carbocycles. The van der Waals surface area contributed by atoms with E-state index in [1.807, 2.05) is 0 Å². The fraction of sp³-hybridized carbons (Fsp3) is 0.273. The molecule has 19 heavy (non-hydrogen) atoms. The maximum absolute atomic E-state index is 13.4. The zero-order chi connectivity index (χ0) is 14.6. The largest absolute Gasteiger partial charge is 0.478 e. The van der Waals surface area contributed by atoms with Crippen molar-refractivity contribution in [2.45, 2.75) is 6.10 Å². The Bertz CT molecular complexity index is 504. The second-order valence-electron chi connectivity index (χ2n) is 3.57. The third kappa shape index (κ3) is 3.46. The average molecular weight is 274 g/mol. The lowest BCUT2D eigenvalue weighted by molar-refractivity contribution is -0.125. The number of rotatable bonds is 5. The highest BCUT2D eigenvalue weighted by Crippen LogP contribution is 2.20. The van der Waals surface area contributed by atoms with Crippen molar-refractivity contribution in [2.75, 3.05) is 19.0 Å². The number of carboxylic acid groups (broad SMARTS) is 1. The van der Waals surface area contributed by atoms with Gasteiger partial charge in [0.1, 0.15) is 17.7 Å². The summed E-state index contributed by atoms with van der Waals surface area (Å²) in [6.07, 6.45) is -1.02. The van der Waals surface area contributed by atoms with Crippen LogP contribution in [0.5, 0.6) is 0 Å². The molecule has 0 heterocycles. The molecule has 104 valence electrons. The average Bonchev–Trinajstić information content (AvgIpc) is 2.33. The first-order valence-corrected chi connectivity index (χ1v) is 5.16. The summed E-state index contributed by atoms with van der Waals surface area (Å²) in [5, 5.41) is 10.8. The van der Waals surface area contributed by atoms with Crippen molar-refractivity contribution in [3.63, 3.8) is 0 Å². The Kier molecular flexibility index (Phi) is 4.90. The van der Waals surface area contributed by atoms with E-state index in [4.69, 9.17) is 15.6 Å². The Morgan fingerprint density at radius 1 is 1.42 bits per heavy atom. The SMILES string of the molecule is COC(CN)C(=O)Nc1cc(C(=O)O)c(F)cc1F. The fourth-order valence-corrected chi connectivity index (χ4v) is 1.33. The Hall–Kier alpha value is -2.06. The van der Waals surface area contributed by atoms with E-state index >= 15 is 0 Å². The van der Waals surface area contributed by atoms with Crippen LogP contribution in [-0.4, -0.2) is 36.7 Å². The topological polar surface area (TPSA) is 102 Å². The van der Waals surface area contributed by atoms with E-state index in [1.54, 1.807) is 0 Å². The second kappa shape index (κ2) is 6.21. The Balaban J connectivity index is 3.04. The van der Waals surface area contributed by atoms with Crippen molar-refractivity contribution in [1.29, 1.82) is 0 Å². The molecule has 0 radical (unpaired) electrons. The molecule has 0 bridgehead atoms. The lowest BCUT2D eigenvalue weighted by Crippen LogP contribution is -2.36. The molecule has 0 spiro atoms. The molecule has 0 saturated heterocycles. The third-order valence-electron chi connectivity index (χ3n) is 2.34. The molecule has 6 nitrogen and oxygen atoms in total. The molecule has 8 heteroatoms. The van der Waals surface area contributed by atoms with Gasteiger partial charge in [-0.05, 0) is 6.07 Å². The third-order valence-corrected chi connectivity index (χ3v) is 2.34. The van der Waals surface area contributed by atoms with E-state index in [9.17, 15) is 18.4 Å². The van der Waals surface area contributed by atoms with Crippen LogP contribution in [0.2, 0.25) is 0 Å². The Labute approximate surface area is 107 Å². The number of carboxylic acids is 1. The fourth-order valence-electron chi connectivity index (χ4n) is 1.33. The number of aromatic carboxylic acids is 1. The summed E-state index contributed by atoms with van der Waals surface area (Å²) >= 11 is 0. The highest BCUT2D eigenvalue weighted by atomic mass is 19.1. The van der Waals surface area contributed by atoms with E-state index in [1.165, 1.54) is 7.11 Å². The molecule has 0 aliphatic heterocycles. The first kappa shape index (κ1) is 15.0. The van der Waals surface area contributed by atoms with Crippen molar-refractivity contribution in [2.24, 2.45) is 5.73 Å². The first-order chi connectivity index (χ1) is 8.90. The number of hydrogen-bond acceptors (Lipinski definition) is 4. The zero-order valence-electron chi connectivity index (χ0n) is 9.94. The van der Waals surface area contributed by atoms with Crippen molar-refractivity contribution in [3.8, 4) is 0 Å². The molecule has 0 aromatic heterocycles. The van der Waals surface area contributed by atoms with Crippen LogP contribution in [-0.2, 0) is 9.53 Å². The predicted molar refractivity (Wildman–Crippen MR) is 61.8 cm³/mol. The van der Waals surface area contributed by atoms with Gasteiger partial charge in [-0.3, -0.25) is 4.79 Å². The molecule has 1 rings (SSSR count). The highest BCUT2D eigenvalue weighted by Gasteiger charge is 2.20. The summed E-state index contributed by atoms with van der Waals surface area (Å²) in [5.74, 6) is -4.66. The first-order valence-electron chi connectivity index (χ1n) is 5.16. The smallest absolute Gasteiger partial charge is 0.338 e. The highest BCUT2D eigenvalue weighted by molar-refractivity contribution is 5.96. The van der Waals surface area contributed by atoms with Gasteiger partial charge in [-0.2, -0.15) is 0 Å². The quantitative estimate of drug-likeness (QED) is 0.728. The van der Waals surface area contributed by atoms with Crippen LogP contribution < -0.4 is 11.1 Å². The number of nitrogens with one attached hydrogen (secondary N) is 1. The van der Waals surface area contributed by atoms with E-state index in [0.717, 1.165) is 0 Å². The molecule has 1 atom stereocenters. The van der Waals surface area contributed by atoms with Crippen LogP contribution in [0.25, 0.3) is 0 Å². The van der Waals surface area contributed by atoms with Gasteiger partial charge in [0.05, 0.1) is 11.3 Å². The number of methoxy groups -OCH3 is 1. The molecule has 0 saturated carbocycles. The van der Waals surface area contributed by atoms with Crippen LogP contribution in [0, 0.1) is 11.6 Å². The maximum atomic E-state index is 13.4. The molecule has 1 unspecified atom stereocenters. The van der Waals surface area contributed by atoms with E-state index in [2.05, 4.69) is 5.32 Å². The van der Waals surface area contributed by atoms with Crippen LogP contribution >= 0.6 is 0 Å². The lowest BCUT2D eigenvalue weighted by Gasteiger charge is -2.14. The number of nitrogens with two attached hydrogens (primary N) is 1. The predicted octanol–water partition coefficient (Wildman–Crippen LogP) is 0.575. The molecule has 1 aromatic rings. The number of ether oxygens (including phenoxy) is 1. The van der Waals surface area contributed by atoms with Crippen molar-refractivity contribution < 1.29 is 28.2 Å². The summed E-state index contributed by atoms with van der Waals surface area (Å²) in [4.78, 5) is 22.3. The number of anilines is 1. The van der Waals surface area contributed by atoms with Gasteiger partial charge in [0, 0.05) is 19.7 Å². The minimum Gasteiger partial charge on any atom is -0.478 e. The van der Waals surface area contributed by atoms with E-state index in [0.29, 0.717) is 12.1 Å². The number of amides is 1. The number of hydrogen-bond donors (Lipinski definition) is 3. The molecule has 0 aliphatic rings. The Morgan fingerprint density at radius 3 is 2.53 bits per heavy atom. The van der Waals surface area contributed by atoms with Gasteiger partial charge in [0.15, 0.2) is 0 Å². The number of benzene rings is 1. The van der Waals surface area contributed by atoms with Gasteiger partial charge >= 0.3 is 5.97 Å². The number of carbonyl (C=O) groups is 2. The molecule has 1 amide bonds. The molecule has 1 aromatic carbocycles. The molecular formula is C11H12F2N2O4. The van der Waals surface area contributed by atoms with Crippen molar-refractivity contribution >= 4 is 17.6 Å². The summed E-state index contributed by atoms with van der Waals surface area (Å²) in [5.41, 5.74) is 4.03. The van der Waals surface area contributed by atoms with Gasteiger partial charge in [-0.25, -0.2) is 13.6 Å². The number of carbonyl (C=O) groups excluding carboxylic acids is 1. The van der Waals surface area contributed by atoms with Crippen LogP contribution in [0.15, 0.2) is 12.1 Å². The standard InChI is InChI=1S/C11H12F2N2O4/c1-19-9(4-14)10(16)15-8-2-5(11(17)18)6(12)3-7(8)13/h2-3,9H,4,14H2,1H3,(H,15,16)(H,17,18). The molecule has 4 N–H and O–H groups in total.